The predicted octanol–water partition coefficient (Wildman–Crippen LogP) is 2.69. The number of rotatable bonds is 7. The second kappa shape index (κ2) is 7.42. The van der Waals surface area contributed by atoms with Gasteiger partial charge in [-0.2, -0.15) is 13.2 Å². The van der Waals surface area contributed by atoms with Crippen molar-refractivity contribution in [3.8, 4) is 0 Å². The number of benzene rings is 1. The van der Waals surface area contributed by atoms with Crippen LogP contribution < -0.4 is 5.32 Å². The number of ether oxygens (including phenoxy) is 1. The van der Waals surface area contributed by atoms with Gasteiger partial charge in [-0.15, -0.1) is 0 Å². The van der Waals surface area contributed by atoms with Gasteiger partial charge in [0.1, 0.15) is 5.82 Å². The summed E-state index contributed by atoms with van der Waals surface area (Å²) in [6, 6.07) is 5.18. The minimum atomic E-state index is -4.30. The van der Waals surface area contributed by atoms with Gasteiger partial charge in [-0.1, -0.05) is 12.1 Å². The van der Waals surface area contributed by atoms with Crippen LogP contribution in [0.2, 0.25) is 0 Å². The summed E-state index contributed by atoms with van der Waals surface area (Å²) in [6.07, 6.45) is -0.813. The summed E-state index contributed by atoms with van der Waals surface area (Å²) in [5.41, 5.74) is 0.160. The van der Waals surface area contributed by atoms with Crippen molar-refractivity contribution in [3.05, 3.63) is 53.6 Å². The molecular weight excluding hydrogens is 295 g/mol. The molecular formula is C15H18F3N3O. The maximum Gasteiger partial charge on any atom is 0.416 e. The zero-order valence-corrected chi connectivity index (χ0v) is 12.2. The third-order valence-electron chi connectivity index (χ3n) is 3.20. The Balaban J connectivity index is 1.98. The molecule has 0 saturated carbocycles. The number of nitrogens with zero attached hydrogens (tertiary/aromatic N) is 2. The van der Waals surface area contributed by atoms with E-state index in [4.69, 9.17) is 4.74 Å². The third-order valence-corrected chi connectivity index (χ3v) is 3.20. The summed E-state index contributed by atoms with van der Waals surface area (Å²) in [5.74, 6) is 0.830. The first-order valence-corrected chi connectivity index (χ1v) is 6.86. The van der Waals surface area contributed by atoms with Gasteiger partial charge >= 0.3 is 6.18 Å². The molecule has 2 aromatic rings. The third kappa shape index (κ3) is 4.57. The summed E-state index contributed by atoms with van der Waals surface area (Å²) in [7, 11) is 1.63. The highest BCUT2D eigenvalue weighted by atomic mass is 19.4. The van der Waals surface area contributed by atoms with E-state index in [0.29, 0.717) is 26.2 Å². The van der Waals surface area contributed by atoms with Crippen LogP contribution in [-0.2, 0) is 24.0 Å². The van der Waals surface area contributed by atoms with Gasteiger partial charge in [0.15, 0.2) is 0 Å². The molecule has 1 heterocycles. The molecule has 0 radical (unpaired) electrons. The number of halogens is 3. The number of nitrogens with one attached hydrogen (secondary N) is 1. The fourth-order valence-corrected chi connectivity index (χ4v) is 2.02. The zero-order valence-electron chi connectivity index (χ0n) is 12.2. The number of hydrogen-bond acceptors (Lipinski definition) is 3. The van der Waals surface area contributed by atoms with E-state index in [-0.39, 0.29) is 0 Å². The van der Waals surface area contributed by atoms with Crippen LogP contribution in [0.3, 0.4) is 0 Å². The highest BCUT2D eigenvalue weighted by Gasteiger charge is 2.29. The molecule has 0 bridgehead atoms. The minimum Gasteiger partial charge on any atom is -0.383 e. The standard InChI is InChI=1S/C15H18F3N3O/c1-22-9-7-19-10-14-20-6-8-21(14)11-12-2-4-13(5-3-12)15(16,17)18/h2-6,8,19H,7,9-11H2,1H3. The molecule has 0 fully saturated rings. The van der Waals surface area contributed by atoms with Gasteiger partial charge in [-0.3, -0.25) is 0 Å². The van der Waals surface area contributed by atoms with Gasteiger partial charge in [0.2, 0.25) is 0 Å². The fourth-order valence-electron chi connectivity index (χ4n) is 2.02. The van der Waals surface area contributed by atoms with E-state index in [2.05, 4.69) is 10.3 Å². The lowest BCUT2D eigenvalue weighted by molar-refractivity contribution is -0.137. The average molecular weight is 313 g/mol. The Morgan fingerprint density at radius 1 is 1.23 bits per heavy atom. The second-order valence-electron chi connectivity index (χ2n) is 4.84. The molecule has 22 heavy (non-hydrogen) atoms. The summed E-state index contributed by atoms with van der Waals surface area (Å²) >= 11 is 0. The van der Waals surface area contributed by atoms with E-state index >= 15 is 0 Å². The Kier molecular flexibility index (Phi) is 5.57. The summed E-state index contributed by atoms with van der Waals surface area (Å²) in [5, 5.41) is 3.19. The van der Waals surface area contributed by atoms with Crippen molar-refractivity contribution in [2.75, 3.05) is 20.3 Å². The molecule has 2 rings (SSSR count). The Labute approximate surface area is 126 Å². The van der Waals surface area contributed by atoms with Gasteiger partial charge in [-0.25, -0.2) is 4.98 Å². The Hall–Kier alpha value is -1.86. The van der Waals surface area contributed by atoms with Crippen LogP contribution >= 0.6 is 0 Å². The van der Waals surface area contributed by atoms with Gasteiger partial charge in [0.25, 0.3) is 0 Å². The van der Waals surface area contributed by atoms with Gasteiger partial charge in [0, 0.05) is 32.6 Å². The molecule has 1 aromatic carbocycles. The lowest BCUT2D eigenvalue weighted by Gasteiger charge is -2.10. The molecule has 0 unspecified atom stereocenters. The molecule has 1 N–H and O–H groups in total. The van der Waals surface area contributed by atoms with Crippen LogP contribution in [0.5, 0.6) is 0 Å². The molecule has 0 atom stereocenters. The SMILES string of the molecule is COCCNCc1nccn1Cc1ccc(C(F)(F)F)cc1. The molecule has 0 saturated heterocycles. The number of hydrogen-bond donors (Lipinski definition) is 1. The van der Waals surface area contributed by atoms with Crippen LogP contribution in [0, 0.1) is 0 Å². The molecule has 0 aliphatic rings. The predicted molar refractivity (Wildman–Crippen MR) is 76.4 cm³/mol. The maximum atomic E-state index is 12.5. The number of imidazole rings is 1. The van der Waals surface area contributed by atoms with E-state index in [9.17, 15) is 13.2 Å². The van der Waals surface area contributed by atoms with Gasteiger partial charge in [0.05, 0.1) is 18.7 Å². The second-order valence-corrected chi connectivity index (χ2v) is 4.84. The van der Waals surface area contributed by atoms with Crippen LogP contribution in [0.4, 0.5) is 13.2 Å². The number of aromatic nitrogens is 2. The molecule has 0 aliphatic carbocycles. The maximum absolute atomic E-state index is 12.5. The Morgan fingerprint density at radius 3 is 2.59 bits per heavy atom. The molecule has 7 heteroatoms. The van der Waals surface area contributed by atoms with E-state index in [0.717, 1.165) is 23.5 Å². The summed E-state index contributed by atoms with van der Waals surface area (Å²) in [4.78, 5) is 4.25. The Bertz CT molecular complexity index is 578. The molecule has 4 nitrogen and oxygen atoms in total. The monoisotopic (exact) mass is 313 g/mol. The van der Waals surface area contributed by atoms with E-state index in [1.807, 2.05) is 10.8 Å². The molecule has 0 spiro atoms. The van der Waals surface area contributed by atoms with Crippen molar-refractivity contribution >= 4 is 0 Å². The topological polar surface area (TPSA) is 39.1 Å². The summed E-state index contributed by atoms with van der Waals surface area (Å²) in [6.45, 7) is 2.39. The van der Waals surface area contributed by atoms with Gasteiger partial charge < -0.3 is 14.6 Å². The van der Waals surface area contributed by atoms with Crippen molar-refractivity contribution in [1.29, 1.82) is 0 Å². The van der Waals surface area contributed by atoms with Crippen LogP contribution in [0.1, 0.15) is 17.0 Å². The molecule has 0 aliphatic heterocycles. The van der Waals surface area contributed by atoms with Crippen LogP contribution in [0.25, 0.3) is 0 Å². The van der Waals surface area contributed by atoms with E-state index in [1.54, 1.807) is 13.3 Å². The van der Waals surface area contributed by atoms with Crippen molar-refractivity contribution in [3.63, 3.8) is 0 Å². The zero-order chi connectivity index (χ0) is 16.0. The smallest absolute Gasteiger partial charge is 0.383 e. The fraction of sp³-hybridized carbons (Fsp3) is 0.400. The normalized spacial score (nSPS) is 11.8. The Morgan fingerprint density at radius 2 is 1.95 bits per heavy atom. The quantitative estimate of drug-likeness (QED) is 0.799. The van der Waals surface area contributed by atoms with Crippen LogP contribution in [-0.4, -0.2) is 29.8 Å². The summed E-state index contributed by atoms with van der Waals surface area (Å²) < 4.78 is 44.4. The van der Waals surface area contributed by atoms with Crippen molar-refractivity contribution in [2.45, 2.75) is 19.3 Å². The van der Waals surface area contributed by atoms with Crippen molar-refractivity contribution in [1.82, 2.24) is 14.9 Å². The number of alkyl halides is 3. The average Bonchev–Trinajstić information content (AvgIpc) is 2.90. The van der Waals surface area contributed by atoms with E-state index < -0.39 is 11.7 Å². The lowest BCUT2D eigenvalue weighted by Crippen LogP contribution is -2.21. The first-order valence-electron chi connectivity index (χ1n) is 6.86. The van der Waals surface area contributed by atoms with E-state index in [1.165, 1.54) is 12.1 Å². The highest BCUT2D eigenvalue weighted by molar-refractivity contribution is 5.25. The van der Waals surface area contributed by atoms with Crippen LogP contribution in [0.15, 0.2) is 36.7 Å². The highest BCUT2D eigenvalue weighted by Crippen LogP contribution is 2.29. The lowest BCUT2D eigenvalue weighted by atomic mass is 10.1. The minimum absolute atomic E-state index is 0.486. The largest absolute Gasteiger partial charge is 0.416 e. The van der Waals surface area contributed by atoms with Crippen molar-refractivity contribution < 1.29 is 17.9 Å². The number of methoxy groups -OCH3 is 1. The molecule has 1 aromatic heterocycles. The molecule has 0 amide bonds. The molecule has 120 valence electrons. The first-order chi connectivity index (χ1) is 10.5. The first kappa shape index (κ1) is 16.5. The van der Waals surface area contributed by atoms with Crippen molar-refractivity contribution in [2.24, 2.45) is 0 Å². The van der Waals surface area contributed by atoms with Gasteiger partial charge in [-0.05, 0) is 17.7 Å².